The zero-order valence-corrected chi connectivity index (χ0v) is 12.2. The van der Waals surface area contributed by atoms with Crippen molar-refractivity contribution in [3.8, 4) is 22.6 Å². The van der Waals surface area contributed by atoms with Crippen molar-refractivity contribution in [2.45, 2.75) is 13.3 Å². The van der Waals surface area contributed by atoms with Gasteiger partial charge >= 0.3 is 0 Å². The maximum atomic E-state index is 4.66. The van der Waals surface area contributed by atoms with Gasteiger partial charge in [0.1, 0.15) is 5.69 Å². The highest BCUT2D eigenvalue weighted by Gasteiger charge is 2.11. The number of nitrogens with one attached hydrogen (secondary N) is 2. The number of rotatable bonds is 3. The highest BCUT2D eigenvalue weighted by atomic mass is 15.1. The van der Waals surface area contributed by atoms with Crippen molar-refractivity contribution in [3.05, 3.63) is 54.5 Å². The standard InChI is InChI=1S/C17H15N5/c1-2-11-10-19-22-16(11)17-20-14-6-5-12(8-15(14)21-17)13-4-3-7-18-9-13/h3-10H,2H2,1H3,(H,19,22)(H,20,21). The van der Waals surface area contributed by atoms with Crippen LogP contribution in [0.25, 0.3) is 33.7 Å². The minimum atomic E-state index is 0.827. The summed E-state index contributed by atoms with van der Waals surface area (Å²) in [5.41, 5.74) is 6.29. The smallest absolute Gasteiger partial charge is 0.156 e. The lowest BCUT2D eigenvalue weighted by Crippen LogP contribution is -1.86. The minimum Gasteiger partial charge on any atom is -0.337 e. The summed E-state index contributed by atoms with van der Waals surface area (Å²) in [6.07, 6.45) is 6.41. The van der Waals surface area contributed by atoms with Crippen LogP contribution in [0.15, 0.2) is 48.9 Å². The highest BCUT2D eigenvalue weighted by Crippen LogP contribution is 2.26. The van der Waals surface area contributed by atoms with Crippen LogP contribution in [-0.2, 0) is 6.42 Å². The number of pyridine rings is 1. The Morgan fingerprint density at radius 3 is 2.86 bits per heavy atom. The first-order chi connectivity index (χ1) is 10.8. The summed E-state index contributed by atoms with van der Waals surface area (Å²) in [5.74, 6) is 0.827. The number of hydrogen-bond donors (Lipinski definition) is 2. The summed E-state index contributed by atoms with van der Waals surface area (Å²) in [6, 6.07) is 10.2. The molecule has 0 bridgehead atoms. The summed E-state index contributed by atoms with van der Waals surface area (Å²) < 4.78 is 0. The maximum absolute atomic E-state index is 4.66. The molecule has 0 aliphatic rings. The molecule has 0 aliphatic heterocycles. The van der Waals surface area contributed by atoms with Crippen molar-refractivity contribution in [2.24, 2.45) is 0 Å². The van der Waals surface area contributed by atoms with Gasteiger partial charge in [-0.1, -0.05) is 19.1 Å². The number of hydrogen-bond acceptors (Lipinski definition) is 3. The van der Waals surface area contributed by atoms with Crippen molar-refractivity contribution in [2.75, 3.05) is 0 Å². The Morgan fingerprint density at radius 2 is 2.05 bits per heavy atom. The molecule has 3 aromatic heterocycles. The van der Waals surface area contributed by atoms with Crippen LogP contribution in [0.4, 0.5) is 0 Å². The molecule has 3 heterocycles. The van der Waals surface area contributed by atoms with Gasteiger partial charge in [-0.15, -0.1) is 0 Å². The molecule has 108 valence electrons. The van der Waals surface area contributed by atoms with Gasteiger partial charge in [0.25, 0.3) is 0 Å². The van der Waals surface area contributed by atoms with Crippen molar-refractivity contribution >= 4 is 11.0 Å². The van der Waals surface area contributed by atoms with Crippen molar-refractivity contribution in [1.29, 1.82) is 0 Å². The first kappa shape index (κ1) is 12.8. The van der Waals surface area contributed by atoms with Crippen LogP contribution in [-0.4, -0.2) is 25.1 Å². The van der Waals surface area contributed by atoms with Gasteiger partial charge in [0.15, 0.2) is 5.82 Å². The Bertz CT molecular complexity index is 921. The Labute approximate surface area is 127 Å². The predicted molar refractivity (Wildman–Crippen MR) is 86.3 cm³/mol. The molecule has 2 N–H and O–H groups in total. The minimum absolute atomic E-state index is 0.827. The van der Waals surface area contributed by atoms with Crippen molar-refractivity contribution < 1.29 is 0 Å². The van der Waals surface area contributed by atoms with Gasteiger partial charge in [-0.25, -0.2) is 4.98 Å². The molecule has 22 heavy (non-hydrogen) atoms. The molecule has 0 aliphatic carbocycles. The molecular formula is C17H15N5. The topological polar surface area (TPSA) is 70.2 Å². The van der Waals surface area contributed by atoms with Crippen LogP contribution in [0.3, 0.4) is 0 Å². The van der Waals surface area contributed by atoms with Crippen molar-refractivity contribution in [3.63, 3.8) is 0 Å². The molecule has 0 spiro atoms. The van der Waals surface area contributed by atoms with E-state index in [1.807, 2.05) is 24.5 Å². The SMILES string of the molecule is CCc1cn[nH]c1-c1nc2ccc(-c3cccnc3)cc2[nH]1. The lowest BCUT2D eigenvalue weighted by Gasteiger charge is -1.99. The number of aromatic amines is 2. The fourth-order valence-electron chi connectivity index (χ4n) is 2.63. The van der Waals surface area contributed by atoms with E-state index < -0.39 is 0 Å². The monoisotopic (exact) mass is 289 g/mol. The molecule has 0 saturated carbocycles. The Kier molecular flexibility index (Phi) is 2.96. The van der Waals surface area contributed by atoms with E-state index in [-0.39, 0.29) is 0 Å². The van der Waals surface area contributed by atoms with E-state index in [0.29, 0.717) is 0 Å². The first-order valence-electron chi connectivity index (χ1n) is 7.28. The molecule has 4 rings (SSSR count). The zero-order chi connectivity index (χ0) is 14.9. The van der Waals surface area contributed by atoms with E-state index in [0.717, 1.165) is 45.7 Å². The van der Waals surface area contributed by atoms with Gasteiger partial charge in [0.05, 0.1) is 17.2 Å². The molecule has 0 fully saturated rings. The molecule has 0 saturated heterocycles. The van der Waals surface area contributed by atoms with Gasteiger partial charge in [-0.05, 0) is 30.2 Å². The lowest BCUT2D eigenvalue weighted by atomic mass is 10.1. The third-order valence-corrected chi connectivity index (χ3v) is 3.81. The normalized spacial score (nSPS) is 11.1. The van der Waals surface area contributed by atoms with Gasteiger partial charge in [0.2, 0.25) is 0 Å². The molecule has 0 amide bonds. The molecular weight excluding hydrogens is 274 g/mol. The number of benzene rings is 1. The quantitative estimate of drug-likeness (QED) is 0.605. The summed E-state index contributed by atoms with van der Waals surface area (Å²) in [5, 5.41) is 7.14. The lowest BCUT2D eigenvalue weighted by molar-refractivity contribution is 1.08. The Morgan fingerprint density at radius 1 is 1.09 bits per heavy atom. The van der Waals surface area contributed by atoms with Gasteiger partial charge in [0, 0.05) is 23.5 Å². The summed E-state index contributed by atoms with van der Waals surface area (Å²) in [6.45, 7) is 2.11. The third kappa shape index (κ3) is 2.07. The Balaban J connectivity index is 1.82. The second-order valence-electron chi connectivity index (χ2n) is 5.18. The number of imidazole rings is 1. The van der Waals surface area contributed by atoms with E-state index >= 15 is 0 Å². The van der Waals surface area contributed by atoms with Gasteiger partial charge in [-0.2, -0.15) is 5.10 Å². The van der Waals surface area contributed by atoms with Crippen LogP contribution in [0.1, 0.15) is 12.5 Å². The van der Waals surface area contributed by atoms with Crippen LogP contribution in [0.2, 0.25) is 0 Å². The fraction of sp³-hybridized carbons (Fsp3) is 0.118. The summed E-state index contributed by atoms with van der Waals surface area (Å²) in [7, 11) is 0. The zero-order valence-electron chi connectivity index (χ0n) is 12.2. The molecule has 0 atom stereocenters. The second kappa shape index (κ2) is 5.11. The third-order valence-electron chi connectivity index (χ3n) is 3.81. The number of fused-ring (bicyclic) bond motifs is 1. The fourth-order valence-corrected chi connectivity index (χ4v) is 2.63. The molecule has 5 nitrogen and oxygen atoms in total. The van der Waals surface area contributed by atoms with Crippen LogP contribution in [0, 0.1) is 0 Å². The van der Waals surface area contributed by atoms with E-state index in [2.05, 4.69) is 50.3 Å². The summed E-state index contributed by atoms with van der Waals surface area (Å²) >= 11 is 0. The van der Waals surface area contributed by atoms with Gasteiger partial charge in [-0.3, -0.25) is 10.1 Å². The summed E-state index contributed by atoms with van der Waals surface area (Å²) in [4.78, 5) is 12.2. The predicted octanol–water partition coefficient (Wildman–Crippen LogP) is 3.58. The number of nitrogens with zero attached hydrogens (tertiary/aromatic N) is 3. The number of aromatic nitrogens is 5. The Hall–Kier alpha value is -2.95. The molecule has 4 aromatic rings. The molecule has 0 radical (unpaired) electrons. The van der Waals surface area contributed by atoms with E-state index in [4.69, 9.17) is 0 Å². The highest BCUT2D eigenvalue weighted by molar-refractivity contribution is 5.84. The second-order valence-corrected chi connectivity index (χ2v) is 5.18. The largest absolute Gasteiger partial charge is 0.337 e. The van der Waals surface area contributed by atoms with Crippen LogP contribution in [0.5, 0.6) is 0 Å². The molecule has 1 aromatic carbocycles. The van der Waals surface area contributed by atoms with Crippen LogP contribution < -0.4 is 0 Å². The number of H-pyrrole nitrogens is 2. The van der Waals surface area contributed by atoms with Gasteiger partial charge < -0.3 is 4.98 Å². The maximum Gasteiger partial charge on any atom is 0.156 e. The van der Waals surface area contributed by atoms with Crippen molar-refractivity contribution in [1.82, 2.24) is 25.1 Å². The average molecular weight is 289 g/mol. The molecule has 0 unspecified atom stereocenters. The molecule has 5 heteroatoms. The van der Waals surface area contributed by atoms with E-state index in [9.17, 15) is 0 Å². The first-order valence-corrected chi connectivity index (χ1v) is 7.28. The number of aryl methyl sites for hydroxylation is 1. The van der Waals surface area contributed by atoms with Crippen LogP contribution >= 0.6 is 0 Å². The van der Waals surface area contributed by atoms with E-state index in [1.165, 1.54) is 0 Å². The average Bonchev–Trinajstić information content (AvgIpc) is 3.20. The van der Waals surface area contributed by atoms with E-state index in [1.54, 1.807) is 6.20 Å².